The Morgan fingerprint density at radius 3 is 2.88 bits per heavy atom. The fourth-order valence-electron chi connectivity index (χ4n) is 2.35. The summed E-state index contributed by atoms with van der Waals surface area (Å²) in [5.41, 5.74) is 1.78. The van der Waals surface area contributed by atoms with Gasteiger partial charge in [0.25, 0.3) is 5.91 Å². The summed E-state index contributed by atoms with van der Waals surface area (Å²) in [6, 6.07) is 10.5. The topological polar surface area (TPSA) is 84.2 Å². The number of carbonyl (C=O) groups excluding carboxylic acids is 2. The maximum absolute atomic E-state index is 12.3. The van der Waals surface area contributed by atoms with Crippen LogP contribution in [0.2, 0.25) is 0 Å². The Labute approximate surface area is 155 Å². The Bertz CT molecular complexity index is 887. The number of anilines is 1. The van der Waals surface area contributed by atoms with Crippen molar-refractivity contribution in [2.24, 2.45) is 0 Å². The molecule has 2 aromatic heterocycles. The standard InChI is InChI=1S/C19H19N3O3S/c1-2-8-20-18(24)13-5-3-6-14(10-13)21-17(23)11-15-12-26-19(22-15)16-7-4-9-25-16/h3-7,9-10,12H,2,8,11H2,1H3,(H,20,24)(H,21,23). The van der Waals surface area contributed by atoms with Gasteiger partial charge in [-0.15, -0.1) is 11.3 Å². The molecule has 0 radical (unpaired) electrons. The Hall–Kier alpha value is -2.93. The molecule has 0 bridgehead atoms. The van der Waals surface area contributed by atoms with Gasteiger partial charge in [-0.3, -0.25) is 9.59 Å². The van der Waals surface area contributed by atoms with E-state index in [0.717, 1.165) is 11.4 Å². The number of hydrogen-bond donors (Lipinski definition) is 2. The summed E-state index contributed by atoms with van der Waals surface area (Å²) in [6.45, 7) is 2.62. The minimum absolute atomic E-state index is 0.148. The molecule has 0 spiro atoms. The molecule has 2 amide bonds. The molecule has 6 nitrogen and oxygen atoms in total. The van der Waals surface area contributed by atoms with Crippen molar-refractivity contribution >= 4 is 28.8 Å². The van der Waals surface area contributed by atoms with Crippen LogP contribution in [0.1, 0.15) is 29.4 Å². The van der Waals surface area contributed by atoms with Gasteiger partial charge in [0, 0.05) is 23.2 Å². The normalized spacial score (nSPS) is 10.5. The SMILES string of the molecule is CCCNC(=O)c1cccc(NC(=O)Cc2csc(-c3ccco3)n2)c1. The minimum Gasteiger partial charge on any atom is -0.462 e. The van der Waals surface area contributed by atoms with Gasteiger partial charge in [0.15, 0.2) is 10.8 Å². The van der Waals surface area contributed by atoms with Crippen molar-refractivity contribution in [3.8, 4) is 10.8 Å². The Balaban J connectivity index is 1.61. The number of nitrogens with zero attached hydrogens (tertiary/aromatic N) is 1. The van der Waals surface area contributed by atoms with Gasteiger partial charge >= 0.3 is 0 Å². The summed E-state index contributed by atoms with van der Waals surface area (Å²) >= 11 is 1.43. The van der Waals surface area contributed by atoms with Crippen molar-refractivity contribution < 1.29 is 14.0 Å². The highest BCUT2D eigenvalue weighted by Crippen LogP contribution is 2.24. The molecule has 0 saturated carbocycles. The van der Waals surface area contributed by atoms with E-state index in [9.17, 15) is 9.59 Å². The number of hydrogen-bond acceptors (Lipinski definition) is 5. The molecule has 3 rings (SSSR count). The van der Waals surface area contributed by atoms with Crippen LogP contribution in [-0.2, 0) is 11.2 Å². The highest BCUT2D eigenvalue weighted by atomic mass is 32.1. The van der Waals surface area contributed by atoms with Crippen LogP contribution in [0, 0.1) is 0 Å². The number of furan rings is 1. The van der Waals surface area contributed by atoms with Crippen molar-refractivity contribution in [1.29, 1.82) is 0 Å². The molecule has 0 fully saturated rings. The van der Waals surface area contributed by atoms with Crippen molar-refractivity contribution in [2.45, 2.75) is 19.8 Å². The molecule has 2 heterocycles. The summed E-state index contributed by atoms with van der Waals surface area (Å²) < 4.78 is 5.31. The fraction of sp³-hybridized carbons (Fsp3) is 0.211. The average molecular weight is 369 g/mol. The van der Waals surface area contributed by atoms with Crippen molar-refractivity contribution in [1.82, 2.24) is 10.3 Å². The summed E-state index contributed by atoms with van der Waals surface area (Å²) in [6.07, 6.45) is 2.62. The van der Waals surface area contributed by atoms with E-state index in [1.165, 1.54) is 11.3 Å². The zero-order valence-corrected chi connectivity index (χ0v) is 15.1. The Morgan fingerprint density at radius 2 is 2.12 bits per heavy atom. The largest absolute Gasteiger partial charge is 0.462 e. The first-order valence-electron chi connectivity index (χ1n) is 8.32. The van der Waals surface area contributed by atoms with Crippen LogP contribution < -0.4 is 10.6 Å². The molecule has 1 aromatic carbocycles. The van der Waals surface area contributed by atoms with Gasteiger partial charge in [0.2, 0.25) is 5.91 Å². The van der Waals surface area contributed by atoms with Crippen molar-refractivity contribution in [3.63, 3.8) is 0 Å². The van der Waals surface area contributed by atoms with Crippen molar-refractivity contribution in [2.75, 3.05) is 11.9 Å². The van der Waals surface area contributed by atoms with Crippen LogP contribution >= 0.6 is 11.3 Å². The lowest BCUT2D eigenvalue weighted by Crippen LogP contribution is -2.24. The molecule has 0 aliphatic carbocycles. The van der Waals surface area contributed by atoms with Crippen LogP contribution in [0.15, 0.2) is 52.5 Å². The number of amides is 2. The predicted molar refractivity (Wildman–Crippen MR) is 101 cm³/mol. The van der Waals surface area contributed by atoms with Crippen LogP contribution in [0.5, 0.6) is 0 Å². The number of benzene rings is 1. The quantitative estimate of drug-likeness (QED) is 0.665. The number of thiazole rings is 1. The number of aromatic nitrogens is 1. The van der Waals surface area contributed by atoms with E-state index >= 15 is 0 Å². The molecule has 0 aliphatic rings. The monoisotopic (exact) mass is 369 g/mol. The second-order valence-electron chi connectivity index (χ2n) is 5.68. The molecule has 3 aromatic rings. The van der Waals surface area contributed by atoms with Crippen molar-refractivity contribution in [3.05, 3.63) is 59.3 Å². The van der Waals surface area contributed by atoms with Gasteiger partial charge in [-0.2, -0.15) is 0 Å². The van der Waals surface area contributed by atoms with E-state index in [-0.39, 0.29) is 18.2 Å². The van der Waals surface area contributed by atoms with Gasteiger partial charge in [0.1, 0.15) is 0 Å². The van der Waals surface area contributed by atoms with E-state index in [0.29, 0.717) is 29.2 Å². The highest BCUT2D eigenvalue weighted by molar-refractivity contribution is 7.13. The highest BCUT2D eigenvalue weighted by Gasteiger charge is 2.12. The molecule has 7 heteroatoms. The van der Waals surface area contributed by atoms with Gasteiger partial charge in [-0.05, 0) is 36.8 Å². The molecular weight excluding hydrogens is 350 g/mol. The van der Waals surface area contributed by atoms with E-state index in [2.05, 4.69) is 15.6 Å². The Morgan fingerprint density at radius 1 is 1.23 bits per heavy atom. The third-order valence-corrected chi connectivity index (χ3v) is 4.48. The molecule has 134 valence electrons. The van der Waals surface area contributed by atoms with E-state index in [4.69, 9.17) is 4.42 Å². The predicted octanol–water partition coefficient (Wildman–Crippen LogP) is 3.72. The molecule has 2 N–H and O–H groups in total. The average Bonchev–Trinajstić information content (AvgIpc) is 3.31. The second-order valence-corrected chi connectivity index (χ2v) is 6.54. The number of nitrogens with one attached hydrogen (secondary N) is 2. The first kappa shape index (κ1) is 17.9. The Kier molecular flexibility index (Phi) is 5.80. The van der Waals surface area contributed by atoms with Crippen LogP contribution in [-0.4, -0.2) is 23.3 Å². The molecule has 0 saturated heterocycles. The lowest BCUT2D eigenvalue weighted by molar-refractivity contribution is -0.115. The second kappa shape index (κ2) is 8.44. The summed E-state index contributed by atoms with van der Waals surface area (Å²) in [4.78, 5) is 28.7. The smallest absolute Gasteiger partial charge is 0.251 e. The third kappa shape index (κ3) is 4.58. The first-order chi connectivity index (χ1) is 12.7. The zero-order valence-electron chi connectivity index (χ0n) is 14.3. The van der Waals surface area contributed by atoms with Crippen LogP contribution in [0.4, 0.5) is 5.69 Å². The summed E-state index contributed by atoms with van der Waals surface area (Å²) in [5, 5.41) is 8.21. The third-order valence-electron chi connectivity index (χ3n) is 3.57. The number of carbonyl (C=O) groups is 2. The molecular formula is C19H19N3O3S. The lowest BCUT2D eigenvalue weighted by atomic mass is 10.2. The molecule has 0 atom stereocenters. The maximum Gasteiger partial charge on any atom is 0.251 e. The fourth-order valence-corrected chi connectivity index (χ4v) is 3.14. The molecule has 0 unspecified atom stereocenters. The van der Waals surface area contributed by atoms with Gasteiger partial charge in [-0.1, -0.05) is 13.0 Å². The summed E-state index contributed by atoms with van der Waals surface area (Å²) in [7, 11) is 0. The van der Waals surface area contributed by atoms with E-state index in [1.807, 2.05) is 18.4 Å². The van der Waals surface area contributed by atoms with Gasteiger partial charge in [-0.25, -0.2) is 4.98 Å². The van der Waals surface area contributed by atoms with Crippen LogP contribution in [0.25, 0.3) is 10.8 Å². The van der Waals surface area contributed by atoms with Crippen LogP contribution in [0.3, 0.4) is 0 Å². The molecule has 26 heavy (non-hydrogen) atoms. The summed E-state index contributed by atoms with van der Waals surface area (Å²) in [5.74, 6) is 0.352. The maximum atomic E-state index is 12.3. The number of rotatable bonds is 7. The lowest BCUT2D eigenvalue weighted by Gasteiger charge is -2.07. The van der Waals surface area contributed by atoms with Gasteiger partial charge < -0.3 is 15.1 Å². The first-order valence-corrected chi connectivity index (χ1v) is 9.20. The van der Waals surface area contributed by atoms with E-state index < -0.39 is 0 Å². The van der Waals surface area contributed by atoms with Gasteiger partial charge in [0.05, 0.1) is 18.4 Å². The molecule has 0 aliphatic heterocycles. The zero-order chi connectivity index (χ0) is 18.4. The van der Waals surface area contributed by atoms with E-state index in [1.54, 1.807) is 36.6 Å². The minimum atomic E-state index is -0.188.